The van der Waals surface area contributed by atoms with Crippen molar-refractivity contribution < 1.29 is 19.1 Å². The molecule has 3 rings (SSSR count). The second kappa shape index (κ2) is 7.85. The first-order valence-electron chi connectivity index (χ1n) is 9.29. The standard InChI is InChI=1S/C21H24ClNO4/c1-12(2)10-17(21(26)27-18-11-13(3)8-9-16(18)22)23-19(24)14-6-4-5-7-15(14)20(23)25/h4-5,8-9,11-12,14-15,17H,6-7,10H2,1-3H3. The van der Waals surface area contributed by atoms with Crippen molar-refractivity contribution in [3.05, 3.63) is 40.9 Å². The zero-order valence-corrected chi connectivity index (χ0v) is 16.5. The van der Waals surface area contributed by atoms with Crippen LogP contribution in [0, 0.1) is 24.7 Å². The minimum absolute atomic E-state index is 0.108. The Bertz CT molecular complexity index is 775. The van der Waals surface area contributed by atoms with E-state index in [2.05, 4.69) is 0 Å². The molecule has 0 bridgehead atoms. The Morgan fingerprint density at radius 2 is 1.78 bits per heavy atom. The number of esters is 1. The van der Waals surface area contributed by atoms with E-state index in [4.69, 9.17) is 16.3 Å². The lowest BCUT2D eigenvalue weighted by Gasteiger charge is -2.26. The van der Waals surface area contributed by atoms with Gasteiger partial charge in [-0.2, -0.15) is 0 Å². The number of carbonyl (C=O) groups excluding carboxylic acids is 3. The molecule has 1 fully saturated rings. The monoisotopic (exact) mass is 389 g/mol. The molecule has 1 aliphatic heterocycles. The van der Waals surface area contributed by atoms with Crippen molar-refractivity contribution in [2.75, 3.05) is 0 Å². The second-order valence-electron chi connectivity index (χ2n) is 7.70. The van der Waals surface area contributed by atoms with Crippen LogP contribution in [0.25, 0.3) is 0 Å². The van der Waals surface area contributed by atoms with Crippen LogP contribution < -0.4 is 4.74 Å². The summed E-state index contributed by atoms with van der Waals surface area (Å²) in [6, 6.07) is 4.20. The number of nitrogens with zero attached hydrogens (tertiary/aromatic N) is 1. The average molecular weight is 390 g/mol. The number of likely N-dealkylation sites (tertiary alicyclic amines) is 1. The molecule has 1 saturated heterocycles. The molecule has 1 aliphatic carbocycles. The Hall–Kier alpha value is -2.14. The first-order chi connectivity index (χ1) is 12.8. The first-order valence-corrected chi connectivity index (χ1v) is 9.67. The van der Waals surface area contributed by atoms with Gasteiger partial charge in [0.05, 0.1) is 16.9 Å². The predicted octanol–water partition coefficient (Wildman–Crippen LogP) is 3.92. The summed E-state index contributed by atoms with van der Waals surface area (Å²) >= 11 is 6.13. The van der Waals surface area contributed by atoms with Crippen molar-refractivity contribution >= 4 is 29.4 Å². The van der Waals surface area contributed by atoms with Crippen LogP contribution in [0.4, 0.5) is 0 Å². The van der Waals surface area contributed by atoms with E-state index in [0.717, 1.165) is 10.5 Å². The van der Waals surface area contributed by atoms with Crippen molar-refractivity contribution in [3.8, 4) is 5.75 Å². The van der Waals surface area contributed by atoms with Gasteiger partial charge in [0.2, 0.25) is 11.8 Å². The Kier molecular flexibility index (Phi) is 5.70. The third-order valence-corrected chi connectivity index (χ3v) is 5.43. The lowest BCUT2D eigenvalue weighted by atomic mass is 9.85. The van der Waals surface area contributed by atoms with Gasteiger partial charge in [0.1, 0.15) is 11.8 Å². The van der Waals surface area contributed by atoms with E-state index in [1.54, 1.807) is 12.1 Å². The Labute approximate surface area is 164 Å². The number of aryl methyl sites for hydroxylation is 1. The van der Waals surface area contributed by atoms with Crippen LogP contribution in [0.15, 0.2) is 30.4 Å². The molecule has 3 unspecified atom stereocenters. The summed E-state index contributed by atoms with van der Waals surface area (Å²) in [6.07, 6.45) is 5.29. The smallest absolute Gasteiger partial charge is 0.334 e. The number of halogens is 1. The zero-order chi connectivity index (χ0) is 19.7. The number of hydrogen-bond donors (Lipinski definition) is 0. The van der Waals surface area contributed by atoms with Crippen molar-refractivity contribution in [1.82, 2.24) is 4.90 Å². The predicted molar refractivity (Wildman–Crippen MR) is 102 cm³/mol. The van der Waals surface area contributed by atoms with Gasteiger partial charge < -0.3 is 4.74 Å². The molecule has 27 heavy (non-hydrogen) atoms. The molecule has 144 valence electrons. The molecule has 0 aromatic heterocycles. The highest BCUT2D eigenvalue weighted by atomic mass is 35.5. The lowest BCUT2D eigenvalue weighted by molar-refractivity contribution is -0.154. The molecule has 5 nitrogen and oxygen atoms in total. The third kappa shape index (κ3) is 3.93. The van der Waals surface area contributed by atoms with Crippen LogP contribution >= 0.6 is 11.6 Å². The highest BCUT2D eigenvalue weighted by molar-refractivity contribution is 6.32. The summed E-state index contributed by atoms with van der Waals surface area (Å²) < 4.78 is 5.52. The minimum Gasteiger partial charge on any atom is -0.423 e. The summed E-state index contributed by atoms with van der Waals surface area (Å²) in [5, 5.41) is 0.314. The van der Waals surface area contributed by atoms with Gasteiger partial charge in [-0.25, -0.2) is 4.79 Å². The topological polar surface area (TPSA) is 63.7 Å². The van der Waals surface area contributed by atoms with Crippen LogP contribution in [0.1, 0.15) is 38.7 Å². The molecular weight excluding hydrogens is 366 g/mol. The number of amides is 2. The molecular formula is C21H24ClNO4. The lowest BCUT2D eigenvalue weighted by Crippen LogP contribution is -2.48. The van der Waals surface area contributed by atoms with Gasteiger partial charge in [0.15, 0.2) is 0 Å². The highest BCUT2D eigenvalue weighted by Gasteiger charge is 2.51. The molecule has 0 spiro atoms. The number of benzene rings is 1. The summed E-state index contributed by atoms with van der Waals surface area (Å²) in [5.41, 5.74) is 0.896. The molecule has 0 saturated carbocycles. The minimum atomic E-state index is -0.938. The molecule has 0 radical (unpaired) electrons. The van der Waals surface area contributed by atoms with Crippen molar-refractivity contribution in [2.45, 2.75) is 46.1 Å². The van der Waals surface area contributed by atoms with E-state index in [0.29, 0.717) is 24.3 Å². The van der Waals surface area contributed by atoms with E-state index in [1.165, 1.54) is 0 Å². The summed E-state index contributed by atoms with van der Waals surface area (Å²) in [7, 11) is 0. The van der Waals surface area contributed by atoms with Gasteiger partial charge >= 0.3 is 5.97 Å². The third-order valence-electron chi connectivity index (χ3n) is 5.12. The van der Waals surface area contributed by atoms with Crippen LogP contribution in [0.3, 0.4) is 0 Å². The van der Waals surface area contributed by atoms with Crippen LogP contribution in [-0.2, 0) is 14.4 Å². The number of ether oxygens (including phenoxy) is 1. The maximum absolute atomic E-state index is 13.0. The number of fused-ring (bicyclic) bond motifs is 1. The molecule has 1 aromatic carbocycles. The van der Waals surface area contributed by atoms with Crippen LogP contribution in [-0.4, -0.2) is 28.7 Å². The molecule has 2 aliphatic rings. The number of hydrogen-bond acceptors (Lipinski definition) is 4. The summed E-state index contributed by atoms with van der Waals surface area (Å²) in [6.45, 7) is 5.75. The van der Waals surface area contributed by atoms with Gasteiger partial charge in [-0.1, -0.05) is 43.7 Å². The molecule has 1 heterocycles. The Morgan fingerprint density at radius 1 is 1.19 bits per heavy atom. The fourth-order valence-corrected chi connectivity index (χ4v) is 3.91. The maximum atomic E-state index is 13.0. The van der Waals surface area contributed by atoms with Gasteiger partial charge in [-0.15, -0.1) is 0 Å². The number of carbonyl (C=O) groups is 3. The fourth-order valence-electron chi connectivity index (χ4n) is 3.75. The molecule has 0 N–H and O–H groups in total. The van der Waals surface area contributed by atoms with E-state index in [9.17, 15) is 14.4 Å². The van der Waals surface area contributed by atoms with E-state index >= 15 is 0 Å². The molecule has 1 aromatic rings. The quantitative estimate of drug-likeness (QED) is 0.331. The molecule has 3 atom stereocenters. The zero-order valence-electron chi connectivity index (χ0n) is 15.8. The van der Waals surface area contributed by atoms with Gasteiger partial charge in [0.25, 0.3) is 0 Å². The van der Waals surface area contributed by atoms with Crippen molar-refractivity contribution in [2.24, 2.45) is 17.8 Å². The molecule has 6 heteroatoms. The van der Waals surface area contributed by atoms with Gasteiger partial charge in [-0.05, 0) is 49.8 Å². The Balaban J connectivity index is 1.87. The van der Waals surface area contributed by atoms with E-state index in [1.807, 2.05) is 39.0 Å². The number of imide groups is 1. The fraction of sp³-hybridized carbons (Fsp3) is 0.476. The summed E-state index contributed by atoms with van der Waals surface area (Å²) in [4.78, 5) is 39.9. The van der Waals surface area contributed by atoms with Gasteiger partial charge in [-0.3, -0.25) is 14.5 Å². The first kappa shape index (κ1) is 19.6. The van der Waals surface area contributed by atoms with Gasteiger partial charge in [0, 0.05) is 0 Å². The highest BCUT2D eigenvalue weighted by Crippen LogP contribution is 2.37. The Morgan fingerprint density at radius 3 is 2.33 bits per heavy atom. The second-order valence-corrected chi connectivity index (χ2v) is 8.11. The normalized spacial score (nSPS) is 22.9. The molecule has 2 amide bonds. The van der Waals surface area contributed by atoms with Crippen LogP contribution in [0.2, 0.25) is 5.02 Å². The number of rotatable bonds is 5. The van der Waals surface area contributed by atoms with E-state index < -0.39 is 12.0 Å². The maximum Gasteiger partial charge on any atom is 0.334 e. The van der Waals surface area contributed by atoms with Crippen molar-refractivity contribution in [1.29, 1.82) is 0 Å². The summed E-state index contributed by atoms with van der Waals surface area (Å²) in [5.74, 6) is -1.55. The number of allylic oxidation sites excluding steroid dienone is 2. The average Bonchev–Trinajstić information content (AvgIpc) is 2.87. The largest absolute Gasteiger partial charge is 0.423 e. The van der Waals surface area contributed by atoms with E-state index in [-0.39, 0.29) is 35.3 Å². The van der Waals surface area contributed by atoms with Crippen molar-refractivity contribution in [3.63, 3.8) is 0 Å². The SMILES string of the molecule is Cc1ccc(Cl)c(OC(=O)C(CC(C)C)N2C(=O)C3CC=CCC3C2=O)c1. The van der Waals surface area contributed by atoms with Crippen LogP contribution in [0.5, 0.6) is 5.75 Å².